The van der Waals surface area contributed by atoms with Crippen LogP contribution in [0.25, 0.3) is 0 Å². The van der Waals surface area contributed by atoms with E-state index < -0.39 is 0 Å². The first-order valence-electron chi connectivity index (χ1n) is 6.82. The number of Topliss-reactive ketones (excluding diaryl/α,β-unsaturated/α-hetero) is 1. The van der Waals surface area contributed by atoms with Gasteiger partial charge in [0, 0.05) is 28.6 Å². The Hall–Kier alpha value is -1.94. The van der Waals surface area contributed by atoms with E-state index >= 15 is 0 Å². The van der Waals surface area contributed by atoms with Gasteiger partial charge in [-0.3, -0.25) is 9.59 Å². The van der Waals surface area contributed by atoms with Crippen molar-refractivity contribution in [2.24, 2.45) is 0 Å². The summed E-state index contributed by atoms with van der Waals surface area (Å²) in [6.07, 6.45) is 1.57. The van der Waals surface area contributed by atoms with Crippen molar-refractivity contribution in [1.29, 1.82) is 0 Å². The Bertz CT molecular complexity index is 707. The number of benzene rings is 2. The fourth-order valence-corrected chi connectivity index (χ4v) is 2.71. The molecule has 1 aliphatic heterocycles. The summed E-state index contributed by atoms with van der Waals surface area (Å²) in [5.74, 6) is 0.133. The second kappa shape index (κ2) is 5.82. The van der Waals surface area contributed by atoms with Crippen molar-refractivity contribution in [3.05, 3.63) is 63.6 Å². The number of aryl methyl sites for hydroxylation is 1. The van der Waals surface area contributed by atoms with E-state index in [9.17, 15) is 9.59 Å². The molecule has 0 saturated carbocycles. The number of fused-ring (bicyclic) bond motifs is 1. The average Bonchev–Trinajstić information content (AvgIpc) is 2.49. The number of ketones is 1. The number of nitrogens with one attached hydrogen (secondary N) is 1. The van der Waals surface area contributed by atoms with Crippen LogP contribution in [0.4, 0.5) is 5.69 Å². The lowest BCUT2D eigenvalue weighted by atomic mass is 9.96. The van der Waals surface area contributed by atoms with Gasteiger partial charge in [-0.05, 0) is 47.9 Å². The van der Waals surface area contributed by atoms with E-state index in [1.807, 2.05) is 36.4 Å². The van der Waals surface area contributed by atoms with Crippen LogP contribution in [0.15, 0.2) is 46.9 Å². The van der Waals surface area contributed by atoms with Crippen LogP contribution in [0.2, 0.25) is 0 Å². The molecule has 1 aliphatic rings. The maximum Gasteiger partial charge on any atom is 0.224 e. The number of anilines is 1. The monoisotopic (exact) mass is 343 g/mol. The first kappa shape index (κ1) is 14.0. The Kier molecular flexibility index (Phi) is 3.88. The molecule has 0 bridgehead atoms. The SMILES string of the molecule is O=C1CCc2cc(C(=O)Cc3ccc(Br)cc3)ccc2N1. The molecule has 0 fully saturated rings. The van der Waals surface area contributed by atoms with E-state index in [0.29, 0.717) is 24.8 Å². The molecule has 3 rings (SSSR count). The third-order valence-corrected chi connectivity index (χ3v) is 4.13. The van der Waals surface area contributed by atoms with Crippen molar-refractivity contribution >= 4 is 33.3 Å². The van der Waals surface area contributed by atoms with Crippen molar-refractivity contribution in [2.45, 2.75) is 19.3 Å². The van der Waals surface area contributed by atoms with Crippen LogP contribution in [-0.2, 0) is 17.6 Å². The van der Waals surface area contributed by atoms with Crippen LogP contribution >= 0.6 is 15.9 Å². The number of amides is 1. The van der Waals surface area contributed by atoms with Crippen LogP contribution in [0.1, 0.15) is 27.9 Å². The van der Waals surface area contributed by atoms with E-state index in [0.717, 1.165) is 21.3 Å². The topological polar surface area (TPSA) is 46.2 Å². The maximum atomic E-state index is 12.4. The molecule has 1 N–H and O–H groups in total. The fraction of sp³-hybridized carbons (Fsp3) is 0.176. The summed E-state index contributed by atoms with van der Waals surface area (Å²) in [7, 11) is 0. The van der Waals surface area contributed by atoms with Gasteiger partial charge in [0.05, 0.1) is 0 Å². The Morgan fingerprint density at radius 1 is 1.10 bits per heavy atom. The summed E-state index contributed by atoms with van der Waals surface area (Å²) in [4.78, 5) is 23.7. The largest absolute Gasteiger partial charge is 0.326 e. The lowest BCUT2D eigenvalue weighted by molar-refractivity contribution is -0.116. The molecule has 0 aromatic heterocycles. The lowest BCUT2D eigenvalue weighted by Gasteiger charge is -2.17. The molecule has 0 unspecified atom stereocenters. The van der Waals surface area contributed by atoms with Gasteiger partial charge in [0.2, 0.25) is 5.91 Å². The molecule has 3 nitrogen and oxygen atoms in total. The normalized spacial score (nSPS) is 13.5. The summed E-state index contributed by atoms with van der Waals surface area (Å²) in [5, 5.41) is 2.83. The second-order valence-corrected chi connectivity index (χ2v) is 6.06. The van der Waals surface area contributed by atoms with Crippen LogP contribution in [0, 0.1) is 0 Å². The molecule has 1 amide bonds. The van der Waals surface area contributed by atoms with E-state index in [1.54, 1.807) is 6.07 Å². The number of carbonyl (C=O) groups is 2. The van der Waals surface area contributed by atoms with Crippen molar-refractivity contribution in [2.75, 3.05) is 5.32 Å². The lowest BCUT2D eigenvalue weighted by Crippen LogP contribution is -2.19. The molecule has 106 valence electrons. The first-order chi connectivity index (χ1) is 10.1. The van der Waals surface area contributed by atoms with Gasteiger partial charge in [-0.25, -0.2) is 0 Å². The van der Waals surface area contributed by atoms with Crippen LogP contribution in [-0.4, -0.2) is 11.7 Å². The molecule has 21 heavy (non-hydrogen) atoms. The van der Waals surface area contributed by atoms with E-state index in [4.69, 9.17) is 0 Å². The predicted octanol–water partition coefficient (Wildman–Crippen LogP) is 3.76. The molecular weight excluding hydrogens is 330 g/mol. The predicted molar refractivity (Wildman–Crippen MR) is 85.6 cm³/mol. The molecular formula is C17H14BrNO2. The zero-order chi connectivity index (χ0) is 14.8. The highest BCUT2D eigenvalue weighted by molar-refractivity contribution is 9.10. The summed E-state index contributed by atoms with van der Waals surface area (Å²) < 4.78 is 1.00. The third-order valence-electron chi connectivity index (χ3n) is 3.60. The molecule has 1 heterocycles. The summed E-state index contributed by atoms with van der Waals surface area (Å²) >= 11 is 3.38. The number of halogens is 1. The first-order valence-corrected chi connectivity index (χ1v) is 7.61. The molecule has 0 atom stereocenters. The van der Waals surface area contributed by atoms with Gasteiger partial charge in [0.1, 0.15) is 0 Å². The molecule has 2 aromatic rings. The van der Waals surface area contributed by atoms with E-state index in [2.05, 4.69) is 21.2 Å². The minimum atomic E-state index is 0.0384. The fourth-order valence-electron chi connectivity index (χ4n) is 2.45. The smallest absolute Gasteiger partial charge is 0.224 e. The molecule has 0 spiro atoms. The van der Waals surface area contributed by atoms with E-state index in [-0.39, 0.29) is 11.7 Å². The molecule has 0 aliphatic carbocycles. The van der Waals surface area contributed by atoms with Gasteiger partial charge in [-0.15, -0.1) is 0 Å². The summed E-state index contributed by atoms with van der Waals surface area (Å²) in [6, 6.07) is 13.3. The van der Waals surface area contributed by atoms with E-state index in [1.165, 1.54) is 0 Å². The Balaban J connectivity index is 1.79. The zero-order valence-corrected chi connectivity index (χ0v) is 12.9. The van der Waals surface area contributed by atoms with Crippen LogP contribution < -0.4 is 5.32 Å². The van der Waals surface area contributed by atoms with Gasteiger partial charge in [0.25, 0.3) is 0 Å². The van der Waals surface area contributed by atoms with Crippen molar-refractivity contribution in [3.63, 3.8) is 0 Å². The highest BCUT2D eigenvalue weighted by Gasteiger charge is 2.16. The van der Waals surface area contributed by atoms with Gasteiger partial charge in [-0.2, -0.15) is 0 Å². The van der Waals surface area contributed by atoms with Crippen LogP contribution in [0.3, 0.4) is 0 Å². The quantitative estimate of drug-likeness (QED) is 0.862. The number of carbonyl (C=O) groups excluding carboxylic acids is 2. The standard InChI is InChI=1S/C17H14BrNO2/c18-14-5-1-11(2-6-14)9-16(20)13-3-7-15-12(10-13)4-8-17(21)19-15/h1-3,5-7,10H,4,8-9H2,(H,19,21). The zero-order valence-electron chi connectivity index (χ0n) is 11.4. The summed E-state index contributed by atoms with van der Waals surface area (Å²) in [6.45, 7) is 0. The number of hydrogen-bond donors (Lipinski definition) is 1. The summed E-state index contributed by atoms with van der Waals surface area (Å²) in [5.41, 5.74) is 3.56. The molecule has 0 radical (unpaired) electrons. The number of hydrogen-bond acceptors (Lipinski definition) is 2. The molecule has 4 heteroatoms. The van der Waals surface area contributed by atoms with Crippen molar-refractivity contribution in [1.82, 2.24) is 0 Å². The highest BCUT2D eigenvalue weighted by Crippen LogP contribution is 2.24. The van der Waals surface area contributed by atoms with Gasteiger partial charge in [0.15, 0.2) is 5.78 Å². The van der Waals surface area contributed by atoms with Gasteiger partial charge >= 0.3 is 0 Å². The van der Waals surface area contributed by atoms with Crippen molar-refractivity contribution < 1.29 is 9.59 Å². The molecule has 0 saturated heterocycles. The highest BCUT2D eigenvalue weighted by atomic mass is 79.9. The minimum Gasteiger partial charge on any atom is -0.326 e. The maximum absolute atomic E-state index is 12.4. The third kappa shape index (κ3) is 3.22. The second-order valence-electron chi connectivity index (χ2n) is 5.15. The average molecular weight is 344 g/mol. The minimum absolute atomic E-state index is 0.0384. The number of rotatable bonds is 3. The Morgan fingerprint density at radius 3 is 2.62 bits per heavy atom. The Labute approximate surface area is 131 Å². The molecule has 2 aromatic carbocycles. The van der Waals surface area contributed by atoms with Gasteiger partial charge in [-0.1, -0.05) is 28.1 Å². The van der Waals surface area contributed by atoms with Crippen molar-refractivity contribution in [3.8, 4) is 0 Å². The van der Waals surface area contributed by atoms with Gasteiger partial charge < -0.3 is 5.32 Å². The Morgan fingerprint density at radius 2 is 1.86 bits per heavy atom. The van der Waals surface area contributed by atoms with Crippen LogP contribution in [0.5, 0.6) is 0 Å².